The molecule has 0 amide bonds. The highest BCUT2D eigenvalue weighted by molar-refractivity contribution is 5.84. The smallest absolute Gasteiger partial charge is 0.303 e. The largest absolute Gasteiger partial charge is 0.497 e. The lowest BCUT2D eigenvalue weighted by atomic mass is 9.99. The molecule has 0 saturated carbocycles. The van der Waals surface area contributed by atoms with Gasteiger partial charge >= 0.3 is 5.97 Å². The highest BCUT2D eigenvalue weighted by Gasteiger charge is 2.10. The minimum Gasteiger partial charge on any atom is -0.497 e. The lowest BCUT2D eigenvalue weighted by Gasteiger charge is -2.12. The Kier molecular flexibility index (Phi) is 4.23. The molecule has 0 aliphatic heterocycles. The fourth-order valence-electron chi connectivity index (χ4n) is 2.17. The molecule has 20 heavy (non-hydrogen) atoms. The standard InChI is InChI=1S/C16H19NO3/c1-10(2)15-8-11(4-7-16(18)19)13-9-12(20-3)5-6-14(13)17-15/h5-6,8-10H,4,7H2,1-3H3,(H,18,19). The number of rotatable bonds is 5. The van der Waals surface area contributed by atoms with Gasteiger partial charge in [-0.3, -0.25) is 9.78 Å². The van der Waals surface area contributed by atoms with Crippen LogP contribution in [0.4, 0.5) is 0 Å². The van der Waals surface area contributed by atoms with Crippen LogP contribution in [0.3, 0.4) is 0 Å². The zero-order chi connectivity index (χ0) is 14.7. The molecule has 106 valence electrons. The number of aromatic nitrogens is 1. The third-order valence-electron chi connectivity index (χ3n) is 3.32. The van der Waals surface area contributed by atoms with Gasteiger partial charge in [0.25, 0.3) is 0 Å². The molecule has 0 aliphatic carbocycles. The maximum absolute atomic E-state index is 10.8. The Labute approximate surface area is 118 Å². The van der Waals surface area contributed by atoms with Gasteiger partial charge in [0.2, 0.25) is 0 Å². The zero-order valence-corrected chi connectivity index (χ0v) is 12.0. The molecular formula is C16H19NO3. The van der Waals surface area contributed by atoms with E-state index in [1.807, 2.05) is 24.3 Å². The molecule has 0 radical (unpaired) electrons. The molecule has 0 atom stereocenters. The van der Waals surface area contributed by atoms with Gasteiger partial charge in [0, 0.05) is 17.5 Å². The molecular weight excluding hydrogens is 254 g/mol. The quantitative estimate of drug-likeness (QED) is 0.907. The van der Waals surface area contributed by atoms with Gasteiger partial charge in [-0.05, 0) is 42.2 Å². The number of carboxylic acids is 1. The van der Waals surface area contributed by atoms with Crippen LogP contribution in [-0.4, -0.2) is 23.2 Å². The van der Waals surface area contributed by atoms with Crippen LogP contribution in [0.1, 0.15) is 37.4 Å². The minimum absolute atomic E-state index is 0.119. The van der Waals surface area contributed by atoms with Crippen molar-refractivity contribution in [2.24, 2.45) is 0 Å². The first kappa shape index (κ1) is 14.3. The van der Waals surface area contributed by atoms with E-state index in [0.717, 1.165) is 27.9 Å². The number of aryl methyl sites for hydroxylation is 1. The molecule has 0 saturated heterocycles. The summed E-state index contributed by atoms with van der Waals surface area (Å²) < 4.78 is 5.24. The van der Waals surface area contributed by atoms with Crippen molar-refractivity contribution >= 4 is 16.9 Å². The van der Waals surface area contributed by atoms with Crippen LogP contribution in [0.2, 0.25) is 0 Å². The average molecular weight is 273 g/mol. The van der Waals surface area contributed by atoms with Gasteiger partial charge in [-0.1, -0.05) is 13.8 Å². The maximum atomic E-state index is 10.8. The summed E-state index contributed by atoms with van der Waals surface area (Å²) in [6, 6.07) is 7.73. The molecule has 0 bridgehead atoms. The van der Waals surface area contributed by atoms with Crippen LogP contribution in [0.25, 0.3) is 10.9 Å². The molecule has 0 aliphatic rings. The van der Waals surface area contributed by atoms with Gasteiger partial charge in [0.1, 0.15) is 5.75 Å². The number of ether oxygens (including phenoxy) is 1. The van der Waals surface area contributed by atoms with Crippen molar-refractivity contribution in [1.82, 2.24) is 4.98 Å². The Balaban J connectivity index is 2.55. The number of methoxy groups -OCH3 is 1. The van der Waals surface area contributed by atoms with E-state index < -0.39 is 5.97 Å². The molecule has 4 heteroatoms. The summed E-state index contributed by atoms with van der Waals surface area (Å²) in [6.07, 6.45) is 0.620. The lowest BCUT2D eigenvalue weighted by Crippen LogP contribution is -2.02. The van der Waals surface area contributed by atoms with Crippen molar-refractivity contribution in [1.29, 1.82) is 0 Å². The van der Waals surface area contributed by atoms with Crippen molar-refractivity contribution in [3.63, 3.8) is 0 Å². The number of aliphatic carboxylic acids is 1. The maximum Gasteiger partial charge on any atom is 0.303 e. The predicted molar refractivity (Wildman–Crippen MR) is 78.3 cm³/mol. The summed E-state index contributed by atoms with van der Waals surface area (Å²) in [4.78, 5) is 15.4. The van der Waals surface area contributed by atoms with Crippen LogP contribution in [-0.2, 0) is 11.2 Å². The van der Waals surface area contributed by atoms with E-state index in [-0.39, 0.29) is 6.42 Å². The molecule has 1 N–H and O–H groups in total. The number of fused-ring (bicyclic) bond motifs is 1. The van der Waals surface area contributed by atoms with E-state index in [1.165, 1.54) is 0 Å². The van der Waals surface area contributed by atoms with E-state index in [9.17, 15) is 4.79 Å². The Bertz CT molecular complexity index is 635. The molecule has 1 aromatic heterocycles. The van der Waals surface area contributed by atoms with Crippen molar-refractivity contribution in [3.8, 4) is 5.75 Å². The average Bonchev–Trinajstić information content (AvgIpc) is 2.43. The minimum atomic E-state index is -0.788. The highest BCUT2D eigenvalue weighted by atomic mass is 16.5. The molecule has 1 heterocycles. The van der Waals surface area contributed by atoms with Crippen molar-refractivity contribution in [3.05, 3.63) is 35.5 Å². The predicted octanol–water partition coefficient (Wildman–Crippen LogP) is 3.38. The van der Waals surface area contributed by atoms with Crippen molar-refractivity contribution in [2.75, 3.05) is 7.11 Å². The van der Waals surface area contributed by atoms with Crippen LogP contribution in [0.15, 0.2) is 24.3 Å². The Morgan fingerprint density at radius 2 is 2.10 bits per heavy atom. The molecule has 2 aromatic rings. The van der Waals surface area contributed by atoms with Gasteiger partial charge in [-0.15, -0.1) is 0 Å². The molecule has 2 rings (SSSR count). The summed E-state index contributed by atoms with van der Waals surface area (Å²) in [5.41, 5.74) is 2.89. The van der Waals surface area contributed by atoms with E-state index in [1.54, 1.807) is 7.11 Å². The second-order valence-electron chi connectivity index (χ2n) is 5.14. The molecule has 0 fully saturated rings. The summed E-state index contributed by atoms with van der Waals surface area (Å²) >= 11 is 0. The summed E-state index contributed by atoms with van der Waals surface area (Å²) in [5, 5.41) is 9.85. The lowest BCUT2D eigenvalue weighted by molar-refractivity contribution is -0.136. The summed E-state index contributed by atoms with van der Waals surface area (Å²) in [6.45, 7) is 4.16. The zero-order valence-electron chi connectivity index (χ0n) is 12.0. The first-order valence-electron chi connectivity index (χ1n) is 6.70. The SMILES string of the molecule is COc1ccc2nc(C(C)C)cc(CCC(=O)O)c2c1. The molecule has 0 spiro atoms. The fraction of sp³-hybridized carbons (Fsp3) is 0.375. The number of hydrogen-bond donors (Lipinski definition) is 1. The number of pyridine rings is 1. The third kappa shape index (κ3) is 3.07. The normalized spacial score (nSPS) is 11.0. The Hall–Kier alpha value is -2.10. The molecule has 1 aromatic carbocycles. The second-order valence-corrected chi connectivity index (χ2v) is 5.14. The van der Waals surface area contributed by atoms with Crippen molar-refractivity contribution < 1.29 is 14.6 Å². The number of benzene rings is 1. The highest BCUT2D eigenvalue weighted by Crippen LogP contribution is 2.26. The third-order valence-corrected chi connectivity index (χ3v) is 3.32. The van der Waals surface area contributed by atoms with E-state index in [2.05, 4.69) is 18.8 Å². The number of hydrogen-bond acceptors (Lipinski definition) is 3. The molecule has 4 nitrogen and oxygen atoms in total. The van der Waals surface area contributed by atoms with Gasteiger partial charge < -0.3 is 9.84 Å². The molecule has 0 unspecified atom stereocenters. The van der Waals surface area contributed by atoms with Gasteiger partial charge in [-0.2, -0.15) is 0 Å². The summed E-state index contributed by atoms with van der Waals surface area (Å²) in [7, 11) is 1.62. The van der Waals surface area contributed by atoms with E-state index in [4.69, 9.17) is 9.84 Å². The van der Waals surface area contributed by atoms with Crippen LogP contribution >= 0.6 is 0 Å². The van der Waals surface area contributed by atoms with E-state index in [0.29, 0.717) is 12.3 Å². The van der Waals surface area contributed by atoms with Crippen LogP contribution < -0.4 is 4.74 Å². The van der Waals surface area contributed by atoms with Gasteiger partial charge in [-0.25, -0.2) is 0 Å². The number of carboxylic acid groups (broad SMARTS) is 1. The van der Waals surface area contributed by atoms with Crippen LogP contribution in [0, 0.1) is 0 Å². The number of carbonyl (C=O) groups is 1. The fourth-order valence-corrected chi connectivity index (χ4v) is 2.17. The van der Waals surface area contributed by atoms with Crippen LogP contribution in [0.5, 0.6) is 5.75 Å². The van der Waals surface area contributed by atoms with E-state index >= 15 is 0 Å². The first-order chi connectivity index (χ1) is 9.51. The van der Waals surface area contributed by atoms with Crippen molar-refractivity contribution in [2.45, 2.75) is 32.6 Å². The Morgan fingerprint density at radius 1 is 1.35 bits per heavy atom. The number of nitrogens with zero attached hydrogens (tertiary/aromatic N) is 1. The topological polar surface area (TPSA) is 59.4 Å². The van der Waals surface area contributed by atoms with Gasteiger partial charge in [0.15, 0.2) is 0 Å². The second kappa shape index (κ2) is 5.90. The Morgan fingerprint density at radius 3 is 2.70 bits per heavy atom. The first-order valence-corrected chi connectivity index (χ1v) is 6.70. The monoisotopic (exact) mass is 273 g/mol. The van der Waals surface area contributed by atoms with Gasteiger partial charge in [0.05, 0.1) is 12.6 Å². The summed E-state index contributed by atoms with van der Waals surface area (Å²) in [5.74, 6) is 0.280.